The number of unbranched alkanes of at least 4 members (excludes halogenated alkanes) is 4. The van der Waals surface area contributed by atoms with E-state index in [2.05, 4.69) is 21.3 Å². The van der Waals surface area contributed by atoms with E-state index in [4.69, 9.17) is 46.5 Å². The second kappa shape index (κ2) is 49.9. The highest BCUT2D eigenvalue weighted by Gasteiger charge is 2.28. The van der Waals surface area contributed by atoms with Gasteiger partial charge in [0.1, 0.15) is 30.8 Å². The van der Waals surface area contributed by atoms with Gasteiger partial charge in [-0.25, -0.2) is 9.13 Å². The number of allylic oxidation sites excluding steroid dienone is 8. The van der Waals surface area contributed by atoms with E-state index in [9.17, 15) is 57.3 Å². The molecule has 0 aromatic carbocycles. The van der Waals surface area contributed by atoms with Gasteiger partial charge in [-0.15, -0.1) is 0 Å². The summed E-state index contributed by atoms with van der Waals surface area (Å²) in [5.74, 6) is -4.42. The highest BCUT2D eigenvalue weighted by Crippen LogP contribution is 2.43. The molecule has 0 bridgehead atoms. The van der Waals surface area contributed by atoms with Crippen LogP contribution >= 0.6 is 15.6 Å². The van der Waals surface area contributed by atoms with Crippen molar-refractivity contribution in [2.45, 2.75) is 201 Å². The first-order valence-corrected chi connectivity index (χ1v) is 32.2. The lowest BCUT2D eigenvalue weighted by molar-refractivity contribution is -0.151. The summed E-state index contributed by atoms with van der Waals surface area (Å²) in [5.41, 5.74) is 0. The van der Waals surface area contributed by atoms with Crippen LogP contribution in [0.5, 0.6) is 0 Å². The van der Waals surface area contributed by atoms with Crippen LogP contribution in [0, 0.1) is 0 Å². The van der Waals surface area contributed by atoms with Crippen LogP contribution in [-0.4, -0.2) is 160 Å². The topological polar surface area (TPSA) is 352 Å². The summed E-state index contributed by atoms with van der Waals surface area (Å²) in [6.45, 7) is 10.9. The van der Waals surface area contributed by atoms with Crippen LogP contribution in [0.4, 0.5) is 0 Å². The van der Waals surface area contributed by atoms with E-state index in [-0.39, 0.29) is 90.0 Å². The molecular weight excluding hydrogens is 1150 g/mol. The Morgan fingerprint density at radius 3 is 1.04 bits per heavy atom. The molecule has 4 unspecified atom stereocenters. The minimum absolute atomic E-state index is 0.0881. The highest BCUT2D eigenvalue weighted by atomic mass is 31.2. The van der Waals surface area contributed by atoms with E-state index in [0.717, 1.165) is 12.8 Å². The Kier molecular flexibility index (Phi) is 46.9. The number of amides is 4. The highest BCUT2D eigenvalue weighted by molar-refractivity contribution is 7.47. The zero-order valence-corrected chi connectivity index (χ0v) is 52.9. The lowest BCUT2D eigenvalue weighted by Gasteiger charge is -2.22. The van der Waals surface area contributed by atoms with E-state index in [0.29, 0.717) is 51.4 Å². The van der Waals surface area contributed by atoms with E-state index in [1.807, 2.05) is 76.3 Å². The molecule has 488 valence electrons. The number of carbonyl (C=O) groups excluding carboxylic acids is 8. The maximum atomic E-state index is 13.0. The van der Waals surface area contributed by atoms with Crippen molar-refractivity contribution < 1.29 is 104 Å². The third kappa shape index (κ3) is 49.7. The van der Waals surface area contributed by atoms with Crippen molar-refractivity contribution in [1.82, 2.24) is 21.3 Å². The first-order valence-electron chi connectivity index (χ1n) is 29.2. The first kappa shape index (κ1) is 79.9. The summed E-state index contributed by atoms with van der Waals surface area (Å²) in [4.78, 5) is 121. The van der Waals surface area contributed by atoms with Crippen molar-refractivity contribution in [3.05, 3.63) is 48.6 Å². The molecule has 0 aliphatic heterocycles. The van der Waals surface area contributed by atoms with Gasteiger partial charge in [0, 0.05) is 51.6 Å². The minimum atomic E-state index is -4.80. The van der Waals surface area contributed by atoms with Gasteiger partial charge in [-0.05, 0) is 107 Å². The Morgan fingerprint density at radius 2 is 0.729 bits per heavy atom. The van der Waals surface area contributed by atoms with Crippen LogP contribution < -0.4 is 21.3 Å². The predicted octanol–water partition coefficient (Wildman–Crippen LogP) is 7.15. The third-order valence-electron chi connectivity index (χ3n) is 11.5. The zero-order chi connectivity index (χ0) is 63.7. The fourth-order valence-electron chi connectivity index (χ4n) is 7.18. The largest absolute Gasteiger partial charge is 0.472 e. The molecule has 8 atom stereocenters. The van der Waals surface area contributed by atoms with Gasteiger partial charge in [0.15, 0.2) is 0 Å². The smallest absolute Gasteiger partial charge is 0.463 e. The van der Waals surface area contributed by atoms with Gasteiger partial charge in [0.2, 0.25) is 23.6 Å². The number of phosphoric ester groups is 2. The Hall–Kier alpha value is -5.14. The summed E-state index contributed by atoms with van der Waals surface area (Å²) in [6.07, 6.45) is 18.4. The zero-order valence-electron chi connectivity index (χ0n) is 51.1. The van der Waals surface area contributed by atoms with Crippen LogP contribution in [0.2, 0.25) is 0 Å². The Balaban J connectivity index is 5.19. The van der Waals surface area contributed by atoms with Gasteiger partial charge in [0.05, 0.1) is 77.8 Å². The minimum Gasteiger partial charge on any atom is -0.463 e. The van der Waals surface area contributed by atoms with Crippen molar-refractivity contribution in [1.29, 1.82) is 0 Å². The summed E-state index contributed by atoms with van der Waals surface area (Å²) in [6, 6.07) is -2.00. The summed E-state index contributed by atoms with van der Waals surface area (Å²) >= 11 is 0. The molecule has 0 heterocycles. The van der Waals surface area contributed by atoms with Crippen molar-refractivity contribution >= 4 is 63.2 Å². The molecule has 0 radical (unpaired) electrons. The lowest BCUT2D eigenvalue weighted by Crippen LogP contribution is -2.42. The molecule has 0 rings (SSSR count). The number of rotatable bonds is 52. The van der Waals surface area contributed by atoms with Gasteiger partial charge >= 0.3 is 39.5 Å². The summed E-state index contributed by atoms with van der Waals surface area (Å²) in [7, 11) is -9.61. The van der Waals surface area contributed by atoms with Crippen LogP contribution in [-0.2, 0) is 94.0 Å². The van der Waals surface area contributed by atoms with Gasteiger partial charge in [-0.3, -0.25) is 56.5 Å². The Morgan fingerprint density at radius 1 is 0.424 bits per heavy atom. The van der Waals surface area contributed by atoms with E-state index in [1.165, 1.54) is 0 Å². The van der Waals surface area contributed by atoms with E-state index >= 15 is 0 Å². The number of hydrogen-bond donors (Lipinski definition) is 6. The molecule has 0 saturated heterocycles. The van der Waals surface area contributed by atoms with Crippen molar-refractivity contribution in [2.75, 3.05) is 65.9 Å². The molecule has 4 amide bonds. The van der Waals surface area contributed by atoms with Gasteiger partial charge in [-0.2, -0.15) is 0 Å². The monoisotopic (exact) mass is 1250 g/mol. The van der Waals surface area contributed by atoms with Crippen molar-refractivity contribution in [2.24, 2.45) is 0 Å². The number of ether oxygens (including phenoxy) is 6. The molecule has 0 aromatic heterocycles. The molecule has 6 N–H and O–H groups in total. The lowest BCUT2D eigenvalue weighted by atomic mass is 10.2. The third-order valence-corrected chi connectivity index (χ3v) is 13.5. The normalized spacial score (nSPS) is 15.3. The number of phosphoric acid groups is 2. The van der Waals surface area contributed by atoms with E-state index < -0.39 is 121 Å². The molecule has 0 saturated carbocycles. The second-order valence-corrected chi connectivity index (χ2v) is 22.7. The fraction of sp³-hybridized carbons (Fsp3) is 0.719. The van der Waals surface area contributed by atoms with Crippen LogP contribution in [0.1, 0.15) is 165 Å². The van der Waals surface area contributed by atoms with Crippen LogP contribution in [0.15, 0.2) is 48.6 Å². The molecule has 0 spiro atoms. The van der Waals surface area contributed by atoms with Gasteiger partial charge in [-0.1, -0.05) is 48.6 Å². The standard InChI is InChI=1S/C57H98N4O22P2/c1-9-13-17-21-25-54(66)80-44(5)29-33-74-40-48(60-52(64)37-46(7)82-56(68)27-23-19-15-11-3)42-78-84(70,71)76-35-31-58-50(62)39-51(63)59-32-36-77-85(72,73)79-43-49(41-75-34-30-45(6)81-55(67)26-22-18-14-10-2)61-53(65)38-47(8)83-57(69)28-24-20-16-12-4/h9-16,44-49H,17-43H2,1-8H3,(H,58,62)(H,59,63)(H,60,64)(H,61,65)(H,70,71)(H,72,73)/b13-9-,14-10-,15-11-,16-12-/t44-,45-,46-,47-,48?,49?/m1/s1. The Labute approximate surface area is 502 Å². The molecule has 0 fully saturated rings. The molecule has 85 heavy (non-hydrogen) atoms. The van der Waals surface area contributed by atoms with Crippen molar-refractivity contribution in [3.63, 3.8) is 0 Å². The molecule has 28 heteroatoms. The maximum Gasteiger partial charge on any atom is 0.472 e. The Bertz CT molecular complexity index is 2010. The van der Waals surface area contributed by atoms with E-state index in [1.54, 1.807) is 27.7 Å². The average molecular weight is 1250 g/mol. The number of hydrogen-bond acceptors (Lipinski definition) is 20. The molecule has 0 aliphatic carbocycles. The van der Waals surface area contributed by atoms with Crippen LogP contribution in [0.3, 0.4) is 0 Å². The number of esters is 4. The second-order valence-electron chi connectivity index (χ2n) is 19.8. The summed E-state index contributed by atoms with van der Waals surface area (Å²) in [5, 5.41) is 9.95. The maximum absolute atomic E-state index is 13.0. The molecular formula is C57H98N4O22P2. The van der Waals surface area contributed by atoms with Crippen molar-refractivity contribution in [3.8, 4) is 0 Å². The number of carbonyl (C=O) groups is 8. The van der Waals surface area contributed by atoms with Gasteiger partial charge in [0.25, 0.3) is 0 Å². The first-order chi connectivity index (χ1) is 40.4. The quantitative estimate of drug-likeness (QED) is 0.00879. The average Bonchev–Trinajstić information content (AvgIpc) is 3.44. The van der Waals surface area contributed by atoms with Gasteiger partial charge < -0.3 is 59.5 Å². The molecule has 0 aliphatic rings. The molecule has 0 aromatic rings. The molecule has 26 nitrogen and oxygen atoms in total. The predicted molar refractivity (Wildman–Crippen MR) is 315 cm³/mol. The van der Waals surface area contributed by atoms with Crippen LogP contribution in [0.25, 0.3) is 0 Å². The summed E-state index contributed by atoms with van der Waals surface area (Å²) < 4.78 is 78.8. The fourth-order valence-corrected chi connectivity index (χ4v) is 8.71. The number of nitrogens with one attached hydrogen (secondary N) is 4. The SMILES string of the molecule is C/C=C\CCCC(=O)O[C@H](C)CCOCC(COP(=O)(O)OCCNC(=O)CC(=O)NCCOP(=O)(O)OCC(COCC[C@@H](C)OC(=O)CCC/C=C\C)NC(=O)C[C@@H](C)OC(=O)CCC/C=C\C)NC(=O)C[C@@H](C)OC(=O)CCC/C=C\C.